The van der Waals surface area contributed by atoms with E-state index in [1.165, 1.54) is 244 Å². The summed E-state index contributed by atoms with van der Waals surface area (Å²) in [4.78, 5) is 38.2. The Morgan fingerprint density at radius 2 is 0.522 bits per heavy atom. The molecule has 6 heteroatoms. The molecule has 67 heavy (non-hydrogen) atoms. The molecule has 0 bridgehead atoms. The molecule has 0 aromatic heterocycles. The van der Waals surface area contributed by atoms with E-state index in [0.29, 0.717) is 19.3 Å². The van der Waals surface area contributed by atoms with Crippen molar-refractivity contribution in [1.29, 1.82) is 0 Å². The summed E-state index contributed by atoms with van der Waals surface area (Å²) in [6.45, 7) is 9.11. The average Bonchev–Trinajstić information content (AvgIpc) is 3.33. The van der Waals surface area contributed by atoms with E-state index in [4.69, 9.17) is 14.2 Å². The maximum absolute atomic E-state index is 12.9. The molecule has 398 valence electrons. The standard InChI is InChI=1S/C61H118O6/c1-5-8-10-12-14-16-18-20-22-24-28-32-36-40-44-48-52-59(62)65-55-58(67-61(64)54-50-46-42-38-34-30-23-21-19-17-15-13-11-9-6-2)56-66-60(63)53-49-45-41-37-33-29-26-25-27-31-35-39-43-47-51-57(4)7-3/h57-58H,5-56H2,1-4H3/t57?,58-/m0/s1. The fourth-order valence-corrected chi connectivity index (χ4v) is 9.42. The van der Waals surface area contributed by atoms with Gasteiger partial charge in [-0.1, -0.05) is 310 Å². The highest BCUT2D eigenvalue weighted by molar-refractivity contribution is 5.71. The molecule has 1 unspecified atom stereocenters. The zero-order valence-corrected chi connectivity index (χ0v) is 45.9. The van der Waals surface area contributed by atoms with Gasteiger partial charge in [0.05, 0.1) is 0 Å². The molecular weight excluding hydrogens is 829 g/mol. The first-order chi connectivity index (χ1) is 32.9. The molecular formula is C61H118O6. The molecule has 0 fully saturated rings. The van der Waals surface area contributed by atoms with Crippen LogP contribution in [0.4, 0.5) is 0 Å². The van der Waals surface area contributed by atoms with Gasteiger partial charge in [0, 0.05) is 19.3 Å². The third-order valence-corrected chi connectivity index (χ3v) is 14.4. The normalized spacial score (nSPS) is 12.4. The summed E-state index contributed by atoms with van der Waals surface area (Å²) in [7, 11) is 0. The smallest absolute Gasteiger partial charge is 0.306 e. The lowest BCUT2D eigenvalue weighted by molar-refractivity contribution is -0.167. The van der Waals surface area contributed by atoms with E-state index in [0.717, 1.165) is 63.7 Å². The number of hydrogen-bond acceptors (Lipinski definition) is 6. The highest BCUT2D eigenvalue weighted by Crippen LogP contribution is 2.19. The van der Waals surface area contributed by atoms with Gasteiger partial charge in [-0.15, -0.1) is 0 Å². The second-order valence-electron chi connectivity index (χ2n) is 21.2. The molecule has 0 aliphatic heterocycles. The zero-order chi connectivity index (χ0) is 48.8. The summed E-state index contributed by atoms with van der Waals surface area (Å²) in [6, 6.07) is 0. The van der Waals surface area contributed by atoms with Crippen LogP contribution in [-0.2, 0) is 28.6 Å². The first kappa shape index (κ1) is 65.4. The Labute approximate surface area is 418 Å². The quantitative estimate of drug-likeness (QED) is 0.0343. The number of hydrogen-bond donors (Lipinski definition) is 0. The molecule has 2 atom stereocenters. The van der Waals surface area contributed by atoms with Crippen LogP contribution in [0.25, 0.3) is 0 Å². The minimum absolute atomic E-state index is 0.0614. The molecule has 0 aliphatic rings. The number of ether oxygens (including phenoxy) is 3. The maximum atomic E-state index is 12.9. The van der Waals surface area contributed by atoms with Gasteiger partial charge in [-0.25, -0.2) is 0 Å². The first-order valence-corrected chi connectivity index (χ1v) is 30.4. The van der Waals surface area contributed by atoms with Crippen molar-refractivity contribution in [2.45, 2.75) is 355 Å². The molecule has 0 aliphatic carbocycles. The number of rotatable bonds is 56. The highest BCUT2D eigenvalue weighted by atomic mass is 16.6. The Bertz CT molecular complexity index is 1010. The molecule has 0 aromatic carbocycles. The molecule has 0 saturated carbocycles. The van der Waals surface area contributed by atoms with E-state index in [-0.39, 0.29) is 31.1 Å². The summed E-state index contributed by atoms with van der Waals surface area (Å²) in [5.74, 6) is 0.0650. The average molecular weight is 948 g/mol. The van der Waals surface area contributed by atoms with Gasteiger partial charge in [0.15, 0.2) is 6.10 Å². The van der Waals surface area contributed by atoms with Crippen molar-refractivity contribution in [3.8, 4) is 0 Å². The van der Waals surface area contributed by atoms with Gasteiger partial charge in [0.2, 0.25) is 0 Å². The fourth-order valence-electron chi connectivity index (χ4n) is 9.42. The van der Waals surface area contributed by atoms with E-state index in [1.807, 2.05) is 0 Å². The molecule has 0 radical (unpaired) electrons. The summed E-state index contributed by atoms with van der Waals surface area (Å²) in [6.07, 6.45) is 60.8. The van der Waals surface area contributed by atoms with E-state index in [9.17, 15) is 14.4 Å². The molecule has 0 saturated heterocycles. The third-order valence-electron chi connectivity index (χ3n) is 14.4. The van der Waals surface area contributed by atoms with Gasteiger partial charge < -0.3 is 14.2 Å². The Kier molecular flexibility index (Phi) is 54.0. The second-order valence-corrected chi connectivity index (χ2v) is 21.2. The predicted octanol–water partition coefficient (Wildman–Crippen LogP) is 20.2. The largest absolute Gasteiger partial charge is 0.462 e. The van der Waals surface area contributed by atoms with Crippen molar-refractivity contribution in [1.82, 2.24) is 0 Å². The lowest BCUT2D eigenvalue weighted by atomic mass is 9.99. The van der Waals surface area contributed by atoms with E-state index in [2.05, 4.69) is 27.7 Å². The number of unbranched alkanes of at least 4 members (excludes halogenated alkanes) is 42. The van der Waals surface area contributed by atoms with Gasteiger partial charge in [-0.05, 0) is 25.2 Å². The fraction of sp³-hybridized carbons (Fsp3) is 0.951. The summed E-state index contributed by atoms with van der Waals surface area (Å²) < 4.78 is 16.9. The molecule has 0 amide bonds. The molecule has 0 rings (SSSR count). The van der Waals surface area contributed by atoms with Crippen molar-refractivity contribution in [3.63, 3.8) is 0 Å². The number of carbonyl (C=O) groups excluding carboxylic acids is 3. The van der Waals surface area contributed by atoms with E-state index >= 15 is 0 Å². The van der Waals surface area contributed by atoms with Crippen LogP contribution in [0.1, 0.15) is 349 Å². The second kappa shape index (κ2) is 55.3. The minimum atomic E-state index is -0.762. The van der Waals surface area contributed by atoms with Crippen LogP contribution in [-0.4, -0.2) is 37.2 Å². The Hall–Kier alpha value is -1.59. The van der Waals surface area contributed by atoms with Gasteiger partial charge in [0.25, 0.3) is 0 Å². The van der Waals surface area contributed by atoms with Crippen LogP contribution in [0.5, 0.6) is 0 Å². The van der Waals surface area contributed by atoms with Gasteiger partial charge in [-0.3, -0.25) is 14.4 Å². The summed E-state index contributed by atoms with van der Waals surface area (Å²) >= 11 is 0. The van der Waals surface area contributed by atoms with E-state index < -0.39 is 6.10 Å². The lowest BCUT2D eigenvalue weighted by Crippen LogP contribution is -2.30. The van der Waals surface area contributed by atoms with Crippen molar-refractivity contribution >= 4 is 17.9 Å². The predicted molar refractivity (Wildman–Crippen MR) is 289 cm³/mol. The Balaban J connectivity index is 4.29. The van der Waals surface area contributed by atoms with Crippen LogP contribution < -0.4 is 0 Å². The van der Waals surface area contributed by atoms with Crippen molar-refractivity contribution in [3.05, 3.63) is 0 Å². The van der Waals surface area contributed by atoms with Crippen molar-refractivity contribution in [2.75, 3.05) is 13.2 Å². The summed E-state index contributed by atoms with van der Waals surface area (Å²) in [5.41, 5.74) is 0. The van der Waals surface area contributed by atoms with Crippen LogP contribution in [0.15, 0.2) is 0 Å². The topological polar surface area (TPSA) is 78.9 Å². The van der Waals surface area contributed by atoms with Gasteiger partial charge in [-0.2, -0.15) is 0 Å². The molecule has 6 nitrogen and oxygen atoms in total. The SMILES string of the molecule is CCCCCCCCCCCCCCCCCCC(=O)OC[C@@H](COC(=O)CCCCCCCCCCCCCCCCC(C)CC)OC(=O)CCCCCCCCCCCCCCCCC. The number of esters is 3. The first-order valence-electron chi connectivity index (χ1n) is 30.4. The Morgan fingerprint density at radius 1 is 0.299 bits per heavy atom. The van der Waals surface area contributed by atoms with E-state index in [1.54, 1.807) is 0 Å². The molecule has 0 N–H and O–H groups in total. The molecule has 0 heterocycles. The van der Waals surface area contributed by atoms with Crippen molar-refractivity contribution in [2.24, 2.45) is 5.92 Å². The van der Waals surface area contributed by atoms with Crippen LogP contribution in [0.2, 0.25) is 0 Å². The third kappa shape index (κ3) is 53.6. The molecule has 0 spiro atoms. The minimum Gasteiger partial charge on any atom is -0.462 e. The number of carbonyl (C=O) groups is 3. The monoisotopic (exact) mass is 947 g/mol. The van der Waals surface area contributed by atoms with Crippen molar-refractivity contribution < 1.29 is 28.6 Å². The van der Waals surface area contributed by atoms with Crippen LogP contribution in [0.3, 0.4) is 0 Å². The van der Waals surface area contributed by atoms with Crippen LogP contribution >= 0.6 is 0 Å². The zero-order valence-electron chi connectivity index (χ0n) is 45.9. The maximum Gasteiger partial charge on any atom is 0.306 e. The summed E-state index contributed by atoms with van der Waals surface area (Å²) in [5, 5.41) is 0. The van der Waals surface area contributed by atoms with Gasteiger partial charge >= 0.3 is 17.9 Å². The molecule has 0 aromatic rings. The lowest BCUT2D eigenvalue weighted by Gasteiger charge is -2.18. The van der Waals surface area contributed by atoms with Gasteiger partial charge in [0.1, 0.15) is 13.2 Å². The van der Waals surface area contributed by atoms with Crippen LogP contribution in [0, 0.1) is 5.92 Å². The Morgan fingerprint density at radius 3 is 0.776 bits per heavy atom. The highest BCUT2D eigenvalue weighted by Gasteiger charge is 2.19.